The van der Waals surface area contributed by atoms with Crippen LogP contribution in [0, 0.1) is 40.7 Å². The molecule has 0 bridgehead atoms. The number of unbranched alkanes of at least 4 members (excludes halogenated alkanes) is 4. The topological polar surface area (TPSA) is 23.8 Å². The minimum Gasteiger partial charge on any atom is -0.205 e. The summed E-state index contributed by atoms with van der Waals surface area (Å²) in [6, 6.07) is 4.39. The fraction of sp³-hybridized carbons (Fsp3) is 0.750. The van der Waals surface area contributed by atoms with E-state index < -0.39 is 17.2 Å². The van der Waals surface area contributed by atoms with E-state index in [0.717, 1.165) is 36.2 Å². The number of halogens is 2. The van der Waals surface area contributed by atoms with Gasteiger partial charge in [0.15, 0.2) is 0 Å². The number of nitrogens with zero attached hydrogens (tertiary/aromatic N) is 1. The molecule has 3 rings (SSSR count). The Labute approximate surface area is 188 Å². The summed E-state index contributed by atoms with van der Waals surface area (Å²) in [6.45, 7) is 2.28. The quantitative estimate of drug-likeness (QED) is 0.340. The molecule has 2 saturated carbocycles. The Morgan fingerprint density at radius 3 is 1.74 bits per heavy atom. The lowest BCUT2D eigenvalue weighted by molar-refractivity contribution is 0.222. The third-order valence-electron chi connectivity index (χ3n) is 8.16. The van der Waals surface area contributed by atoms with Crippen LogP contribution in [0.25, 0.3) is 0 Å². The molecule has 0 heterocycles. The van der Waals surface area contributed by atoms with Crippen LogP contribution < -0.4 is 0 Å². The van der Waals surface area contributed by atoms with Crippen LogP contribution in [-0.4, -0.2) is 0 Å². The molecule has 0 unspecified atom stereocenters. The van der Waals surface area contributed by atoms with Crippen molar-refractivity contribution in [3.05, 3.63) is 34.9 Å². The van der Waals surface area contributed by atoms with Gasteiger partial charge in [0.2, 0.25) is 0 Å². The predicted molar refractivity (Wildman–Crippen MR) is 124 cm³/mol. The normalized spacial score (nSPS) is 26.5. The van der Waals surface area contributed by atoms with E-state index in [1.54, 1.807) is 6.07 Å². The van der Waals surface area contributed by atoms with Crippen LogP contribution in [-0.2, 0) is 0 Å². The molecule has 0 N–H and O–H groups in total. The van der Waals surface area contributed by atoms with Gasteiger partial charge in [-0.15, -0.1) is 0 Å². The van der Waals surface area contributed by atoms with Crippen LogP contribution in [0.1, 0.15) is 127 Å². The zero-order chi connectivity index (χ0) is 22.1. The molecule has 0 aliphatic heterocycles. The molecular weight excluding hydrogens is 388 g/mol. The van der Waals surface area contributed by atoms with Crippen LogP contribution in [0.4, 0.5) is 8.78 Å². The molecular formula is C28H41F2N. The Bertz CT molecular complexity index is 683. The highest BCUT2D eigenvalue weighted by Crippen LogP contribution is 2.40. The fourth-order valence-corrected chi connectivity index (χ4v) is 6.04. The molecule has 172 valence electrons. The second-order valence-corrected chi connectivity index (χ2v) is 10.4. The monoisotopic (exact) mass is 429 g/mol. The molecule has 0 amide bonds. The number of benzene rings is 1. The molecule has 0 saturated heterocycles. The minimum atomic E-state index is -0.712. The molecule has 2 aliphatic carbocycles. The summed E-state index contributed by atoms with van der Waals surface area (Å²) in [4.78, 5) is 0. The lowest BCUT2D eigenvalue weighted by Gasteiger charge is -2.32. The maximum atomic E-state index is 14.0. The predicted octanol–water partition coefficient (Wildman–Crippen LogP) is 9.06. The van der Waals surface area contributed by atoms with Gasteiger partial charge in [0.1, 0.15) is 23.3 Å². The molecule has 1 aromatic rings. The highest BCUT2D eigenvalue weighted by molar-refractivity contribution is 5.36. The van der Waals surface area contributed by atoms with Gasteiger partial charge in [-0.05, 0) is 67.1 Å². The Kier molecular flexibility index (Phi) is 9.82. The Hall–Kier alpha value is -1.43. The van der Waals surface area contributed by atoms with Gasteiger partial charge in [0.25, 0.3) is 0 Å². The molecule has 0 aromatic heterocycles. The van der Waals surface area contributed by atoms with Crippen molar-refractivity contribution >= 4 is 0 Å². The van der Waals surface area contributed by atoms with E-state index in [9.17, 15) is 8.78 Å². The van der Waals surface area contributed by atoms with E-state index in [1.165, 1.54) is 102 Å². The average Bonchev–Trinajstić information content (AvgIpc) is 2.78. The van der Waals surface area contributed by atoms with Crippen LogP contribution in [0.15, 0.2) is 12.1 Å². The van der Waals surface area contributed by atoms with Crippen molar-refractivity contribution in [1.82, 2.24) is 0 Å². The second kappa shape index (κ2) is 12.6. The average molecular weight is 430 g/mol. The number of rotatable bonds is 10. The maximum absolute atomic E-state index is 14.0. The summed E-state index contributed by atoms with van der Waals surface area (Å²) in [6.07, 6.45) is 21.3. The number of nitriles is 1. The number of hydrogen-bond donors (Lipinski definition) is 0. The highest BCUT2D eigenvalue weighted by atomic mass is 19.1. The van der Waals surface area contributed by atoms with Crippen molar-refractivity contribution < 1.29 is 8.78 Å². The van der Waals surface area contributed by atoms with E-state index in [0.29, 0.717) is 0 Å². The molecule has 2 fully saturated rings. The second-order valence-electron chi connectivity index (χ2n) is 10.4. The van der Waals surface area contributed by atoms with Crippen LogP contribution in [0.2, 0.25) is 0 Å². The maximum Gasteiger partial charge on any atom is 0.144 e. The largest absolute Gasteiger partial charge is 0.205 e. The first-order valence-corrected chi connectivity index (χ1v) is 13.0. The Balaban J connectivity index is 1.32. The summed E-state index contributed by atoms with van der Waals surface area (Å²) in [5.41, 5.74) is 0.282. The third kappa shape index (κ3) is 7.30. The van der Waals surface area contributed by atoms with Gasteiger partial charge >= 0.3 is 0 Å². The number of hydrogen-bond acceptors (Lipinski definition) is 1. The molecule has 3 heteroatoms. The van der Waals surface area contributed by atoms with E-state index in [4.69, 9.17) is 5.26 Å². The van der Waals surface area contributed by atoms with Gasteiger partial charge in [0, 0.05) is 0 Å². The van der Waals surface area contributed by atoms with E-state index in [1.807, 2.05) is 0 Å². The summed E-state index contributed by atoms with van der Waals surface area (Å²) in [7, 11) is 0. The van der Waals surface area contributed by atoms with Gasteiger partial charge in [-0.3, -0.25) is 0 Å². The lowest BCUT2D eigenvalue weighted by atomic mass is 9.74. The van der Waals surface area contributed by atoms with Gasteiger partial charge < -0.3 is 0 Å². The molecule has 0 radical (unpaired) electrons. The van der Waals surface area contributed by atoms with Gasteiger partial charge in [0.05, 0.1) is 0 Å². The molecule has 0 spiro atoms. The zero-order valence-electron chi connectivity index (χ0n) is 19.5. The van der Waals surface area contributed by atoms with Gasteiger partial charge in [-0.2, -0.15) is 5.26 Å². The first-order chi connectivity index (χ1) is 15.1. The van der Waals surface area contributed by atoms with Crippen LogP contribution in [0.5, 0.6) is 0 Å². The summed E-state index contributed by atoms with van der Waals surface area (Å²) in [5.74, 6) is 1.51. The molecule has 1 nitrogen and oxygen atoms in total. The SMILES string of the molecule is CCCCCCCC1CCC(CCC2CCC(c3cc(F)c(C#N)c(F)c3)CC2)CC1. The van der Waals surface area contributed by atoms with Gasteiger partial charge in [-0.25, -0.2) is 8.78 Å². The van der Waals surface area contributed by atoms with E-state index in [2.05, 4.69) is 6.92 Å². The van der Waals surface area contributed by atoms with Gasteiger partial charge in [-0.1, -0.05) is 84.0 Å². The van der Waals surface area contributed by atoms with Crippen molar-refractivity contribution in [1.29, 1.82) is 5.26 Å². The fourth-order valence-electron chi connectivity index (χ4n) is 6.04. The Morgan fingerprint density at radius 1 is 0.742 bits per heavy atom. The molecule has 31 heavy (non-hydrogen) atoms. The standard InChI is InChI=1S/C28H41F2N/c1-2-3-4-5-6-7-21-8-10-22(11-9-21)12-13-23-14-16-24(17-15-23)25-18-27(29)26(20-31)28(30)19-25/h18-19,21-24H,2-17H2,1H3. The van der Waals surface area contributed by atoms with E-state index >= 15 is 0 Å². The van der Waals surface area contributed by atoms with Crippen molar-refractivity contribution in [2.75, 3.05) is 0 Å². The zero-order valence-corrected chi connectivity index (χ0v) is 19.5. The molecule has 0 atom stereocenters. The molecule has 1 aromatic carbocycles. The van der Waals surface area contributed by atoms with Crippen molar-refractivity contribution in [2.45, 2.75) is 116 Å². The summed E-state index contributed by atoms with van der Waals surface area (Å²) in [5, 5.41) is 8.85. The van der Waals surface area contributed by atoms with Crippen LogP contribution in [0.3, 0.4) is 0 Å². The smallest absolute Gasteiger partial charge is 0.144 e. The third-order valence-corrected chi connectivity index (χ3v) is 8.16. The van der Waals surface area contributed by atoms with E-state index in [-0.39, 0.29) is 5.92 Å². The Morgan fingerprint density at radius 2 is 1.23 bits per heavy atom. The lowest BCUT2D eigenvalue weighted by Crippen LogP contribution is -2.18. The van der Waals surface area contributed by atoms with Crippen molar-refractivity contribution in [3.8, 4) is 6.07 Å². The van der Waals surface area contributed by atoms with Crippen molar-refractivity contribution in [3.63, 3.8) is 0 Å². The van der Waals surface area contributed by atoms with Crippen molar-refractivity contribution in [2.24, 2.45) is 17.8 Å². The summed E-state index contributed by atoms with van der Waals surface area (Å²) >= 11 is 0. The minimum absolute atomic E-state index is 0.237. The first kappa shape index (κ1) is 24.2. The molecule has 2 aliphatic rings. The highest BCUT2D eigenvalue weighted by Gasteiger charge is 2.26. The summed E-state index contributed by atoms with van der Waals surface area (Å²) < 4.78 is 27.9. The first-order valence-electron chi connectivity index (χ1n) is 13.0. The van der Waals surface area contributed by atoms with Crippen LogP contribution >= 0.6 is 0 Å².